The van der Waals surface area contributed by atoms with E-state index in [1.165, 1.54) is 30.5 Å². The number of nitrogens with zero attached hydrogens (tertiary/aromatic N) is 1. The van der Waals surface area contributed by atoms with Crippen LogP contribution in [0, 0.1) is 11.6 Å². The predicted molar refractivity (Wildman–Crippen MR) is 110 cm³/mol. The first-order chi connectivity index (χ1) is 13.8. The molecule has 1 aliphatic heterocycles. The number of hydrogen-bond donors (Lipinski definition) is 2. The maximum Gasteiger partial charge on any atom is 0.259 e. The highest BCUT2D eigenvalue weighted by Crippen LogP contribution is 2.31. The van der Waals surface area contributed by atoms with E-state index in [0.717, 1.165) is 0 Å². The molecule has 4 rings (SSSR count). The lowest BCUT2D eigenvalue weighted by molar-refractivity contribution is 0.102. The molecule has 2 aromatic carbocycles. The molecule has 1 saturated heterocycles. The summed E-state index contributed by atoms with van der Waals surface area (Å²) in [5, 5.41) is 6.27. The van der Waals surface area contributed by atoms with Crippen LogP contribution in [0.4, 0.5) is 20.2 Å². The summed E-state index contributed by atoms with van der Waals surface area (Å²) in [6.45, 7) is 5.35. The monoisotopic (exact) mass is 419 g/mol. The molecule has 1 aliphatic rings. The van der Waals surface area contributed by atoms with Gasteiger partial charge in [-0.3, -0.25) is 4.79 Å². The van der Waals surface area contributed by atoms with Crippen LogP contribution in [0.15, 0.2) is 41.0 Å². The molecule has 0 saturated carbocycles. The second-order valence-corrected chi connectivity index (χ2v) is 7.79. The Morgan fingerprint density at radius 2 is 1.97 bits per heavy atom. The molecule has 8 heteroatoms. The lowest BCUT2D eigenvalue weighted by Crippen LogP contribution is -2.54. The van der Waals surface area contributed by atoms with Gasteiger partial charge in [-0.25, -0.2) is 8.78 Å². The second-order valence-electron chi connectivity index (χ2n) is 7.38. The SMILES string of the molecule is C[C@@H]1CN(c2cc3c(C(=O)Nc4cccc(Cl)c4F)coc3cc2F)C[C@H](C)N1. The van der Waals surface area contributed by atoms with E-state index in [1.54, 1.807) is 6.07 Å². The minimum absolute atomic E-state index is 0.0380. The van der Waals surface area contributed by atoms with Crippen molar-refractivity contribution in [2.75, 3.05) is 23.3 Å². The van der Waals surface area contributed by atoms with Crippen LogP contribution in [-0.2, 0) is 0 Å². The summed E-state index contributed by atoms with van der Waals surface area (Å²) in [5.41, 5.74) is 0.807. The van der Waals surface area contributed by atoms with E-state index in [-0.39, 0.29) is 33.9 Å². The number of carbonyl (C=O) groups is 1. The van der Waals surface area contributed by atoms with Gasteiger partial charge in [0.1, 0.15) is 17.7 Å². The maximum atomic E-state index is 14.7. The Morgan fingerprint density at radius 1 is 1.24 bits per heavy atom. The van der Waals surface area contributed by atoms with Crippen molar-refractivity contribution in [2.45, 2.75) is 25.9 Å². The highest BCUT2D eigenvalue weighted by molar-refractivity contribution is 6.31. The number of fused-ring (bicyclic) bond motifs is 1. The third-order valence-electron chi connectivity index (χ3n) is 4.99. The van der Waals surface area contributed by atoms with Gasteiger partial charge in [0, 0.05) is 36.6 Å². The zero-order chi connectivity index (χ0) is 20.7. The zero-order valence-electron chi connectivity index (χ0n) is 15.9. The number of rotatable bonds is 3. The van der Waals surface area contributed by atoms with Crippen molar-refractivity contribution < 1.29 is 18.0 Å². The number of hydrogen-bond acceptors (Lipinski definition) is 4. The fraction of sp³-hybridized carbons (Fsp3) is 0.286. The summed E-state index contributed by atoms with van der Waals surface area (Å²) >= 11 is 5.77. The number of carbonyl (C=O) groups excluding carboxylic acids is 1. The smallest absolute Gasteiger partial charge is 0.259 e. The molecular weight excluding hydrogens is 400 g/mol. The highest BCUT2D eigenvalue weighted by Gasteiger charge is 2.25. The van der Waals surface area contributed by atoms with Crippen LogP contribution in [0.1, 0.15) is 24.2 Å². The minimum atomic E-state index is -0.717. The second kappa shape index (κ2) is 7.65. The van der Waals surface area contributed by atoms with E-state index in [0.29, 0.717) is 24.2 Å². The van der Waals surface area contributed by atoms with Crippen molar-refractivity contribution in [3.8, 4) is 0 Å². The van der Waals surface area contributed by atoms with Gasteiger partial charge in [-0.15, -0.1) is 0 Å². The largest absolute Gasteiger partial charge is 0.463 e. The quantitative estimate of drug-likeness (QED) is 0.640. The van der Waals surface area contributed by atoms with E-state index in [4.69, 9.17) is 16.0 Å². The summed E-state index contributed by atoms with van der Waals surface area (Å²) in [4.78, 5) is 14.7. The number of amides is 1. The van der Waals surface area contributed by atoms with Crippen molar-refractivity contribution in [1.29, 1.82) is 0 Å². The molecule has 1 aromatic heterocycles. The predicted octanol–water partition coefficient (Wildman–Crippen LogP) is 4.80. The Labute approximate surface area is 171 Å². The molecule has 0 aliphatic carbocycles. The number of nitrogens with one attached hydrogen (secondary N) is 2. The van der Waals surface area contributed by atoms with Crippen LogP contribution in [0.3, 0.4) is 0 Å². The van der Waals surface area contributed by atoms with Gasteiger partial charge in [0.2, 0.25) is 0 Å². The molecule has 3 aromatic rings. The number of anilines is 2. The van der Waals surface area contributed by atoms with Crippen molar-refractivity contribution in [2.24, 2.45) is 0 Å². The maximum absolute atomic E-state index is 14.7. The average Bonchev–Trinajstić information content (AvgIpc) is 3.06. The minimum Gasteiger partial charge on any atom is -0.463 e. The molecule has 1 amide bonds. The van der Waals surface area contributed by atoms with Gasteiger partial charge in [-0.1, -0.05) is 17.7 Å². The Kier molecular flexibility index (Phi) is 5.19. The summed E-state index contributed by atoms with van der Waals surface area (Å²) in [5.74, 6) is -1.70. The summed E-state index contributed by atoms with van der Waals surface area (Å²) in [6, 6.07) is 7.63. The molecule has 0 bridgehead atoms. The van der Waals surface area contributed by atoms with Crippen molar-refractivity contribution in [3.63, 3.8) is 0 Å². The molecule has 5 nitrogen and oxygen atoms in total. The number of furan rings is 1. The Bertz CT molecular complexity index is 1080. The summed E-state index contributed by atoms with van der Waals surface area (Å²) < 4.78 is 34.2. The van der Waals surface area contributed by atoms with E-state index in [1.807, 2.05) is 18.7 Å². The van der Waals surface area contributed by atoms with Gasteiger partial charge >= 0.3 is 0 Å². The third kappa shape index (κ3) is 3.80. The topological polar surface area (TPSA) is 57.5 Å². The van der Waals surface area contributed by atoms with E-state index in [2.05, 4.69) is 10.6 Å². The Balaban J connectivity index is 1.69. The molecule has 2 atom stereocenters. The molecule has 29 heavy (non-hydrogen) atoms. The number of piperazine rings is 1. The zero-order valence-corrected chi connectivity index (χ0v) is 16.7. The molecule has 2 heterocycles. The van der Waals surface area contributed by atoms with Gasteiger partial charge in [-0.05, 0) is 32.0 Å². The fourth-order valence-corrected chi connectivity index (χ4v) is 3.94. The molecule has 0 radical (unpaired) electrons. The Morgan fingerprint density at radius 3 is 2.69 bits per heavy atom. The van der Waals surface area contributed by atoms with Crippen LogP contribution < -0.4 is 15.5 Å². The molecular formula is C21H20ClF2N3O2. The first kappa shape index (κ1) is 19.7. The van der Waals surface area contributed by atoms with Crippen LogP contribution >= 0.6 is 11.6 Å². The van der Waals surface area contributed by atoms with Gasteiger partial charge in [0.15, 0.2) is 5.82 Å². The highest BCUT2D eigenvalue weighted by atomic mass is 35.5. The van der Waals surface area contributed by atoms with Crippen LogP contribution in [0.5, 0.6) is 0 Å². The van der Waals surface area contributed by atoms with Gasteiger partial charge < -0.3 is 20.0 Å². The normalized spacial score (nSPS) is 19.6. The lowest BCUT2D eigenvalue weighted by atomic mass is 10.1. The van der Waals surface area contributed by atoms with Crippen molar-refractivity contribution in [3.05, 3.63) is 58.8 Å². The third-order valence-corrected chi connectivity index (χ3v) is 5.28. The van der Waals surface area contributed by atoms with Crippen LogP contribution in [0.25, 0.3) is 11.0 Å². The standard InChI is InChI=1S/C21H20ClF2N3O2/c1-11-8-27(9-12(2)25-11)18-6-13-14(10-29-19(13)7-16(18)23)21(28)26-17-5-3-4-15(22)20(17)24/h3-7,10-12,25H,8-9H2,1-2H3,(H,26,28)/t11-,12+. The summed E-state index contributed by atoms with van der Waals surface area (Å²) in [7, 11) is 0. The summed E-state index contributed by atoms with van der Waals surface area (Å²) in [6.07, 6.45) is 1.24. The van der Waals surface area contributed by atoms with Crippen molar-refractivity contribution in [1.82, 2.24) is 5.32 Å². The fourth-order valence-electron chi connectivity index (χ4n) is 3.77. The van der Waals surface area contributed by atoms with Crippen molar-refractivity contribution >= 4 is 39.9 Å². The molecule has 1 fully saturated rings. The lowest BCUT2D eigenvalue weighted by Gasteiger charge is -2.37. The first-order valence-corrected chi connectivity index (χ1v) is 9.68. The first-order valence-electron chi connectivity index (χ1n) is 9.30. The van der Waals surface area contributed by atoms with Gasteiger partial charge in [0.05, 0.1) is 22.0 Å². The molecule has 0 spiro atoms. The van der Waals surface area contributed by atoms with Gasteiger partial charge in [0.25, 0.3) is 5.91 Å². The molecule has 0 unspecified atom stereocenters. The molecule has 2 N–H and O–H groups in total. The van der Waals surface area contributed by atoms with Crippen LogP contribution in [0.2, 0.25) is 5.02 Å². The Hall–Kier alpha value is -2.64. The van der Waals surface area contributed by atoms with E-state index in [9.17, 15) is 13.6 Å². The number of halogens is 3. The van der Waals surface area contributed by atoms with E-state index < -0.39 is 17.5 Å². The van der Waals surface area contributed by atoms with E-state index >= 15 is 0 Å². The molecule has 152 valence electrons. The van der Waals surface area contributed by atoms with Crippen LogP contribution in [-0.4, -0.2) is 31.1 Å². The number of benzene rings is 2. The van der Waals surface area contributed by atoms with Gasteiger partial charge in [-0.2, -0.15) is 0 Å². The average molecular weight is 420 g/mol.